The molecule has 0 radical (unpaired) electrons. The second-order valence-electron chi connectivity index (χ2n) is 12.2. The molecule has 1 spiro atoms. The van der Waals surface area contributed by atoms with Crippen molar-refractivity contribution in [2.75, 3.05) is 0 Å². The maximum atomic E-state index is 13.2. The smallest absolute Gasteiger partial charge is 0.199 e. The van der Waals surface area contributed by atoms with Crippen LogP contribution in [0.2, 0.25) is 0 Å². The molecule has 5 rings (SSSR count). The van der Waals surface area contributed by atoms with E-state index in [4.69, 9.17) is 20.9 Å². The predicted molar refractivity (Wildman–Crippen MR) is 131 cm³/mol. The number of Topliss-reactive ketones (excluding diaryl/α,β-unsaturated/α-hetero) is 1. The molecule has 4 aliphatic carbocycles. The standard InChI is InChI=1S/C28H44N2O4/c1-17-2-4-18(5-3-17)19-8-10-28(11-9-19)16-25(31)24-15-23(6-7-26(24)34-28)33-27(32)20-12-21(29)14-22(30)13-20/h6-7,17-22,24,27,32H,2-5,8-16,29-30H2,1H3. The van der Waals surface area contributed by atoms with Gasteiger partial charge in [0.2, 0.25) is 0 Å². The lowest BCUT2D eigenvalue weighted by Crippen LogP contribution is -2.47. The third kappa shape index (κ3) is 5.24. The first-order chi connectivity index (χ1) is 16.3. The first-order valence-corrected chi connectivity index (χ1v) is 13.8. The number of aliphatic hydroxyl groups excluding tert-OH is 1. The van der Waals surface area contributed by atoms with Gasteiger partial charge in [0.1, 0.15) is 22.9 Å². The average Bonchev–Trinajstić information content (AvgIpc) is 2.80. The Balaban J connectivity index is 1.18. The Morgan fingerprint density at radius 3 is 2.32 bits per heavy atom. The molecular formula is C28H44N2O4. The molecule has 3 saturated carbocycles. The predicted octanol–water partition coefficient (Wildman–Crippen LogP) is 4.31. The molecule has 0 bridgehead atoms. The van der Waals surface area contributed by atoms with Gasteiger partial charge in [0.25, 0.3) is 0 Å². The highest BCUT2D eigenvalue weighted by molar-refractivity contribution is 5.86. The Morgan fingerprint density at radius 1 is 1.00 bits per heavy atom. The summed E-state index contributed by atoms with van der Waals surface area (Å²) < 4.78 is 12.5. The number of rotatable bonds is 4. The van der Waals surface area contributed by atoms with Crippen molar-refractivity contribution in [3.05, 3.63) is 23.7 Å². The number of aliphatic hydroxyl groups is 1. The van der Waals surface area contributed by atoms with Crippen molar-refractivity contribution in [2.45, 2.75) is 114 Å². The van der Waals surface area contributed by atoms with E-state index in [2.05, 4.69) is 6.92 Å². The Hall–Kier alpha value is -1.37. The lowest BCUT2D eigenvalue weighted by atomic mass is 9.66. The lowest BCUT2D eigenvalue weighted by molar-refractivity contribution is -0.147. The molecule has 5 N–H and O–H groups in total. The summed E-state index contributed by atoms with van der Waals surface area (Å²) in [5.41, 5.74) is 11.9. The minimum Gasteiger partial charge on any atom is -0.490 e. The molecule has 1 heterocycles. The minimum atomic E-state index is -0.942. The number of carbonyl (C=O) groups excluding carboxylic acids is 1. The molecule has 6 heteroatoms. The van der Waals surface area contributed by atoms with Crippen LogP contribution in [0.25, 0.3) is 0 Å². The zero-order chi connectivity index (χ0) is 23.9. The highest BCUT2D eigenvalue weighted by Crippen LogP contribution is 2.49. The number of nitrogens with two attached hydrogens (primary N) is 2. The van der Waals surface area contributed by atoms with Crippen LogP contribution in [0.15, 0.2) is 23.7 Å². The van der Waals surface area contributed by atoms with E-state index in [1.165, 1.54) is 38.5 Å². The minimum absolute atomic E-state index is 0.000103. The second kappa shape index (κ2) is 9.94. The summed E-state index contributed by atoms with van der Waals surface area (Å²) in [6.07, 6.45) is 15.9. The Bertz CT molecular complexity index is 797. The summed E-state index contributed by atoms with van der Waals surface area (Å²) >= 11 is 0. The molecule has 4 atom stereocenters. The molecule has 4 unspecified atom stereocenters. The first kappa shape index (κ1) is 24.3. The summed E-state index contributed by atoms with van der Waals surface area (Å²) in [7, 11) is 0. The third-order valence-electron chi connectivity index (χ3n) is 9.56. The second-order valence-corrected chi connectivity index (χ2v) is 12.2. The van der Waals surface area contributed by atoms with Gasteiger partial charge in [0.05, 0.1) is 5.92 Å². The number of hydrogen-bond acceptors (Lipinski definition) is 6. The maximum absolute atomic E-state index is 13.2. The highest BCUT2D eigenvalue weighted by Gasteiger charge is 2.48. The van der Waals surface area contributed by atoms with Crippen molar-refractivity contribution in [1.29, 1.82) is 0 Å². The van der Waals surface area contributed by atoms with Gasteiger partial charge >= 0.3 is 0 Å². The van der Waals surface area contributed by atoms with Gasteiger partial charge < -0.3 is 26.0 Å². The van der Waals surface area contributed by atoms with E-state index < -0.39 is 6.29 Å². The van der Waals surface area contributed by atoms with E-state index in [0.29, 0.717) is 31.4 Å². The van der Waals surface area contributed by atoms with Crippen LogP contribution in [-0.4, -0.2) is 34.9 Å². The molecule has 34 heavy (non-hydrogen) atoms. The normalized spacial score (nSPS) is 43.9. The quantitative estimate of drug-likeness (QED) is 0.526. The van der Waals surface area contributed by atoms with Gasteiger partial charge in [0, 0.05) is 30.8 Å². The topological polar surface area (TPSA) is 108 Å². The third-order valence-corrected chi connectivity index (χ3v) is 9.56. The first-order valence-electron chi connectivity index (χ1n) is 13.8. The number of ether oxygens (including phenoxy) is 2. The lowest BCUT2D eigenvalue weighted by Gasteiger charge is -2.47. The van der Waals surface area contributed by atoms with Crippen LogP contribution in [0.4, 0.5) is 0 Å². The van der Waals surface area contributed by atoms with Crippen LogP contribution >= 0.6 is 0 Å². The molecule has 6 nitrogen and oxygen atoms in total. The van der Waals surface area contributed by atoms with Crippen molar-refractivity contribution in [3.8, 4) is 0 Å². The van der Waals surface area contributed by atoms with E-state index in [-0.39, 0.29) is 35.3 Å². The van der Waals surface area contributed by atoms with Crippen LogP contribution < -0.4 is 11.5 Å². The van der Waals surface area contributed by atoms with E-state index in [1.54, 1.807) is 0 Å². The molecule has 1 saturated heterocycles. The molecule has 0 aromatic rings. The van der Waals surface area contributed by atoms with Crippen molar-refractivity contribution in [1.82, 2.24) is 0 Å². The molecular weight excluding hydrogens is 428 g/mol. The molecule has 1 aliphatic heterocycles. The fraction of sp³-hybridized carbons (Fsp3) is 0.821. The zero-order valence-corrected chi connectivity index (χ0v) is 20.8. The van der Waals surface area contributed by atoms with Gasteiger partial charge in [-0.3, -0.25) is 4.79 Å². The number of carbonyl (C=O) groups is 1. The Labute approximate surface area is 204 Å². The highest BCUT2D eigenvalue weighted by atomic mass is 16.6. The summed E-state index contributed by atoms with van der Waals surface area (Å²) in [5.74, 6) is 3.91. The zero-order valence-electron chi connectivity index (χ0n) is 20.8. The average molecular weight is 473 g/mol. The van der Waals surface area contributed by atoms with Crippen LogP contribution in [-0.2, 0) is 14.3 Å². The monoisotopic (exact) mass is 472 g/mol. The SMILES string of the molecule is CC1CCC(C2CCC3(CC2)CC(=O)C2CC(OC(O)C4CC(N)CC(N)C4)=CC=C2O3)CC1. The number of hydrogen-bond donors (Lipinski definition) is 3. The summed E-state index contributed by atoms with van der Waals surface area (Å²) in [6.45, 7) is 2.38. The van der Waals surface area contributed by atoms with Gasteiger partial charge in [-0.1, -0.05) is 19.8 Å². The molecule has 190 valence electrons. The van der Waals surface area contributed by atoms with Crippen LogP contribution in [0.5, 0.6) is 0 Å². The van der Waals surface area contributed by atoms with Crippen LogP contribution in [0, 0.1) is 29.6 Å². The molecule has 5 aliphatic rings. The molecule has 0 aromatic heterocycles. The van der Waals surface area contributed by atoms with Gasteiger partial charge in [-0.2, -0.15) is 0 Å². The molecule has 0 amide bonds. The van der Waals surface area contributed by atoms with Gasteiger partial charge in [-0.25, -0.2) is 0 Å². The summed E-state index contributed by atoms with van der Waals surface area (Å²) in [5, 5.41) is 10.7. The van der Waals surface area contributed by atoms with Crippen LogP contribution in [0.3, 0.4) is 0 Å². The largest absolute Gasteiger partial charge is 0.490 e. The van der Waals surface area contributed by atoms with Crippen molar-refractivity contribution in [3.63, 3.8) is 0 Å². The van der Waals surface area contributed by atoms with Gasteiger partial charge in [0.15, 0.2) is 6.29 Å². The molecule has 4 fully saturated rings. The van der Waals surface area contributed by atoms with E-state index in [1.807, 2.05) is 12.2 Å². The van der Waals surface area contributed by atoms with E-state index in [9.17, 15) is 9.90 Å². The van der Waals surface area contributed by atoms with Crippen molar-refractivity contribution in [2.24, 2.45) is 41.1 Å². The van der Waals surface area contributed by atoms with Crippen molar-refractivity contribution < 1.29 is 19.4 Å². The maximum Gasteiger partial charge on any atom is 0.199 e. The van der Waals surface area contributed by atoms with Crippen molar-refractivity contribution >= 4 is 5.78 Å². The number of ketones is 1. The van der Waals surface area contributed by atoms with E-state index in [0.717, 1.165) is 42.8 Å². The Kier molecular flexibility index (Phi) is 7.12. The molecule has 0 aromatic carbocycles. The van der Waals surface area contributed by atoms with E-state index >= 15 is 0 Å². The summed E-state index contributed by atoms with van der Waals surface area (Å²) in [4.78, 5) is 13.2. The number of fused-ring (bicyclic) bond motifs is 1. The fourth-order valence-electron chi connectivity index (χ4n) is 7.47. The Morgan fingerprint density at radius 2 is 1.65 bits per heavy atom. The summed E-state index contributed by atoms with van der Waals surface area (Å²) in [6, 6.07) is 0.000206. The van der Waals surface area contributed by atoms with Crippen LogP contribution in [0.1, 0.15) is 90.4 Å². The fourth-order valence-corrected chi connectivity index (χ4v) is 7.47. The van der Waals surface area contributed by atoms with Gasteiger partial charge in [-0.05, 0) is 87.7 Å². The number of allylic oxidation sites excluding steroid dienone is 4. The van der Waals surface area contributed by atoms with Gasteiger partial charge in [-0.15, -0.1) is 0 Å².